The second kappa shape index (κ2) is 7.71. The van der Waals surface area contributed by atoms with Crippen molar-refractivity contribution in [1.29, 1.82) is 0 Å². The molecule has 3 aromatic carbocycles. The SMILES string of the molecule is O=C(Nc1cc(C(=O)O)cc(C(=O)O)c1)OCC1c2ccccc2-c2ccccc21. The molecule has 0 unspecified atom stereocenters. The van der Waals surface area contributed by atoms with E-state index in [1.165, 1.54) is 12.1 Å². The molecule has 1 aliphatic carbocycles. The van der Waals surface area contributed by atoms with Gasteiger partial charge in [0, 0.05) is 11.6 Å². The summed E-state index contributed by atoms with van der Waals surface area (Å²) in [5.41, 5.74) is 3.86. The van der Waals surface area contributed by atoms with Crippen LogP contribution < -0.4 is 5.32 Å². The average Bonchev–Trinajstić information content (AvgIpc) is 3.06. The number of rotatable bonds is 5. The first-order chi connectivity index (χ1) is 14.4. The number of carbonyl (C=O) groups excluding carboxylic acids is 1. The Hall–Kier alpha value is -4.13. The molecule has 0 aliphatic heterocycles. The molecule has 30 heavy (non-hydrogen) atoms. The van der Waals surface area contributed by atoms with Gasteiger partial charge in [-0.05, 0) is 40.5 Å². The number of carboxylic acid groups (broad SMARTS) is 2. The lowest BCUT2D eigenvalue weighted by molar-refractivity contribution is 0.0696. The molecule has 3 N–H and O–H groups in total. The van der Waals surface area contributed by atoms with E-state index in [1.807, 2.05) is 48.5 Å². The van der Waals surface area contributed by atoms with Gasteiger partial charge in [0.2, 0.25) is 0 Å². The molecule has 0 fully saturated rings. The first-order valence-electron chi connectivity index (χ1n) is 9.17. The van der Waals surface area contributed by atoms with Gasteiger partial charge in [-0.15, -0.1) is 0 Å². The van der Waals surface area contributed by atoms with E-state index in [2.05, 4.69) is 5.32 Å². The minimum atomic E-state index is -1.30. The van der Waals surface area contributed by atoms with Gasteiger partial charge in [-0.25, -0.2) is 14.4 Å². The van der Waals surface area contributed by atoms with E-state index in [-0.39, 0.29) is 29.3 Å². The van der Waals surface area contributed by atoms with Crippen molar-refractivity contribution in [2.75, 3.05) is 11.9 Å². The molecule has 0 bridgehead atoms. The summed E-state index contributed by atoms with van der Waals surface area (Å²) in [6, 6.07) is 19.2. The van der Waals surface area contributed by atoms with Gasteiger partial charge in [-0.3, -0.25) is 5.32 Å². The number of hydrogen-bond acceptors (Lipinski definition) is 4. The van der Waals surface area contributed by atoms with E-state index in [0.29, 0.717) is 0 Å². The van der Waals surface area contributed by atoms with Crippen LogP contribution in [-0.4, -0.2) is 34.9 Å². The lowest BCUT2D eigenvalue weighted by Crippen LogP contribution is -2.18. The number of benzene rings is 3. The molecule has 7 heteroatoms. The number of fused-ring (bicyclic) bond motifs is 3. The Bertz CT molecular complexity index is 1090. The van der Waals surface area contributed by atoms with E-state index in [9.17, 15) is 14.4 Å². The maximum Gasteiger partial charge on any atom is 0.411 e. The molecule has 3 aromatic rings. The third kappa shape index (κ3) is 3.60. The molecule has 0 radical (unpaired) electrons. The Labute approximate surface area is 171 Å². The molecule has 4 rings (SSSR count). The van der Waals surface area contributed by atoms with Gasteiger partial charge in [0.1, 0.15) is 6.61 Å². The maximum atomic E-state index is 12.3. The van der Waals surface area contributed by atoms with Gasteiger partial charge in [-0.1, -0.05) is 48.5 Å². The number of ether oxygens (including phenoxy) is 1. The van der Waals surface area contributed by atoms with E-state index in [4.69, 9.17) is 14.9 Å². The van der Waals surface area contributed by atoms with Crippen molar-refractivity contribution in [3.05, 3.63) is 89.0 Å². The summed E-state index contributed by atoms with van der Waals surface area (Å²) < 4.78 is 5.40. The summed E-state index contributed by atoms with van der Waals surface area (Å²) in [6.07, 6.45) is -0.796. The number of carbonyl (C=O) groups is 3. The number of anilines is 1. The monoisotopic (exact) mass is 403 g/mol. The molecule has 7 nitrogen and oxygen atoms in total. The predicted molar refractivity (Wildman–Crippen MR) is 109 cm³/mol. The highest BCUT2D eigenvalue weighted by molar-refractivity contribution is 5.97. The summed E-state index contributed by atoms with van der Waals surface area (Å²) in [6.45, 7) is 0.0876. The van der Waals surface area contributed by atoms with Crippen molar-refractivity contribution in [2.45, 2.75) is 5.92 Å². The van der Waals surface area contributed by atoms with Gasteiger partial charge in [0.05, 0.1) is 11.1 Å². The highest BCUT2D eigenvalue weighted by Gasteiger charge is 2.29. The Morgan fingerprint density at radius 1 is 0.800 bits per heavy atom. The number of hydrogen-bond donors (Lipinski definition) is 3. The number of carboxylic acids is 2. The molecule has 0 atom stereocenters. The zero-order chi connectivity index (χ0) is 21.3. The highest BCUT2D eigenvalue weighted by Crippen LogP contribution is 2.44. The molecule has 0 aromatic heterocycles. The smallest absolute Gasteiger partial charge is 0.411 e. The number of nitrogens with one attached hydrogen (secondary N) is 1. The average molecular weight is 403 g/mol. The van der Waals surface area contributed by atoms with Crippen LogP contribution >= 0.6 is 0 Å². The van der Waals surface area contributed by atoms with E-state index >= 15 is 0 Å². The molecule has 0 saturated heterocycles. The molecule has 1 amide bonds. The van der Waals surface area contributed by atoms with Crippen LogP contribution in [0.3, 0.4) is 0 Å². The van der Waals surface area contributed by atoms with E-state index < -0.39 is 18.0 Å². The van der Waals surface area contributed by atoms with Gasteiger partial charge >= 0.3 is 18.0 Å². The third-order valence-corrected chi connectivity index (χ3v) is 5.02. The van der Waals surface area contributed by atoms with Crippen LogP contribution in [0, 0.1) is 0 Å². The van der Waals surface area contributed by atoms with Crippen LogP contribution in [-0.2, 0) is 4.74 Å². The van der Waals surface area contributed by atoms with Crippen molar-refractivity contribution >= 4 is 23.7 Å². The van der Waals surface area contributed by atoms with Crippen LogP contribution in [0.1, 0.15) is 37.8 Å². The van der Waals surface area contributed by atoms with Gasteiger partial charge < -0.3 is 14.9 Å². The fraction of sp³-hybridized carbons (Fsp3) is 0.0870. The Balaban J connectivity index is 1.51. The summed E-state index contributed by atoms with van der Waals surface area (Å²) >= 11 is 0. The van der Waals surface area contributed by atoms with Crippen molar-refractivity contribution < 1.29 is 29.3 Å². The summed E-state index contributed by atoms with van der Waals surface area (Å²) in [7, 11) is 0. The lowest BCUT2D eigenvalue weighted by Gasteiger charge is -2.15. The normalized spacial score (nSPS) is 12.0. The van der Waals surface area contributed by atoms with Crippen LogP contribution in [0.25, 0.3) is 11.1 Å². The van der Waals surface area contributed by atoms with Crippen molar-refractivity contribution in [1.82, 2.24) is 0 Å². The zero-order valence-electron chi connectivity index (χ0n) is 15.7. The molecular formula is C23H17NO6. The fourth-order valence-corrected chi connectivity index (χ4v) is 3.70. The molecule has 150 valence electrons. The molecule has 0 saturated carbocycles. The van der Waals surface area contributed by atoms with Gasteiger partial charge in [-0.2, -0.15) is 0 Å². The van der Waals surface area contributed by atoms with Crippen LogP contribution in [0.2, 0.25) is 0 Å². The molecule has 1 aliphatic rings. The number of amides is 1. The predicted octanol–water partition coefficient (Wildman–Crippen LogP) is 4.44. The Morgan fingerprint density at radius 3 is 1.80 bits per heavy atom. The summed E-state index contributed by atoms with van der Waals surface area (Å²) in [4.78, 5) is 34.7. The fourth-order valence-electron chi connectivity index (χ4n) is 3.70. The second-order valence-electron chi connectivity index (χ2n) is 6.86. The summed E-state index contributed by atoms with van der Waals surface area (Å²) in [5.74, 6) is -2.72. The summed E-state index contributed by atoms with van der Waals surface area (Å²) in [5, 5.41) is 20.7. The first kappa shape index (κ1) is 19.2. The van der Waals surface area contributed by atoms with Crippen molar-refractivity contribution in [3.63, 3.8) is 0 Å². The van der Waals surface area contributed by atoms with Gasteiger partial charge in [0.25, 0.3) is 0 Å². The quantitative estimate of drug-likeness (QED) is 0.580. The zero-order valence-corrected chi connectivity index (χ0v) is 15.7. The minimum Gasteiger partial charge on any atom is -0.478 e. The molecular weight excluding hydrogens is 386 g/mol. The largest absolute Gasteiger partial charge is 0.478 e. The molecule has 0 spiro atoms. The second-order valence-corrected chi connectivity index (χ2v) is 6.86. The Morgan fingerprint density at radius 2 is 1.30 bits per heavy atom. The van der Waals surface area contributed by atoms with E-state index in [0.717, 1.165) is 28.3 Å². The van der Waals surface area contributed by atoms with Crippen LogP contribution in [0.5, 0.6) is 0 Å². The highest BCUT2D eigenvalue weighted by atomic mass is 16.5. The minimum absolute atomic E-state index is 0.0320. The first-order valence-corrected chi connectivity index (χ1v) is 9.17. The van der Waals surface area contributed by atoms with Crippen LogP contribution in [0.15, 0.2) is 66.7 Å². The maximum absolute atomic E-state index is 12.3. The van der Waals surface area contributed by atoms with Crippen LogP contribution in [0.4, 0.5) is 10.5 Å². The number of aromatic carboxylic acids is 2. The van der Waals surface area contributed by atoms with Crippen molar-refractivity contribution in [2.24, 2.45) is 0 Å². The lowest BCUT2D eigenvalue weighted by atomic mass is 9.98. The van der Waals surface area contributed by atoms with E-state index in [1.54, 1.807) is 0 Å². The van der Waals surface area contributed by atoms with Crippen molar-refractivity contribution in [3.8, 4) is 11.1 Å². The third-order valence-electron chi connectivity index (χ3n) is 5.02. The standard InChI is InChI=1S/C23H17NO6/c25-21(26)13-9-14(22(27)28)11-15(10-13)24-23(29)30-12-20-18-7-3-1-5-16(18)17-6-2-4-8-19(17)20/h1-11,20H,12H2,(H,24,29)(H,25,26)(H,27,28). The molecule has 0 heterocycles. The Kier molecular flexibility index (Phi) is 4.93. The van der Waals surface area contributed by atoms with Gasteiger partial charge in [0.15, 0.2) is 0 Å². The topological polar surface area (TPSA) is 113 Å².